The predicted molar refractivity (Wildman–Crippen MR) is 73.5 cm³/mol. The first kappa shape index (κ1) is 14.5. The van der Waals surface area contributed by atoms with Crippen LogP contribution in [0, 0.1) is 0 Å². The first-order valence-electron chi connectivity index (χ1n) is 5.58. The Morgan fingerprint density at radius 2 is 2.18 bits per heavy atom. The lowest BCUT2D eigenvalue weighted by atomic mass is 10.2. The van der Waals surface area contributed by atoms with E-state index in [0.717, 1.165) is 30.3 Å². The van der Waals surface area contributed by atoms with E-state index in [2.05, 4.69) is 20.9 Å². The van der Waals surface area contributed by atoms with Gasteiger partial charge in [-0.1, -0.05) is 6.42 Å². The number of unbranched alkanes of at least 4 members (excludes halogenated alkanes) is 2. The summed E-state index contributed by atoms with van der Waals surface area (Å²) in [6, 6.07) is 3.54. The van der Waals surface area contributed by atoms with E-state index in [1.54, 1.807) is 24.2 Å². The van der Waals surface area contributed by atoms with Gasteiger partial charge in [0.15, 0.2) is 0 Å². The summed E-state index contributed by atoms with van der Waals surface area (Å²) in [6.45, 7) is 0.744. The Morgan fingerprint density at radius 1 is 1.41 bits per heavy atom. The van der Waals surface area contributed by atoms with Crippen LogP contribution in [0.5, 0.6) is 0 Å². The molecule has 1 amide bonds. The molecule has 1 rings (SSSR count). The third-order valence-corrected chi connectivity index (χ3v) is 3.16. The van der Waals surface area contributed by atoms with Crippen molar-refractivity contribution >= 4 is 33.4 Å². The van der Waals surface area contributed by atoms with Gasteiger partial charge >= 0.3 is 0 Å². The summed E-state index contributed by atoms with van der Waals surface area (Å²) in [5.74, 6) is 0.648. The predicted octanol–water partition coefficient (Wildman–Crippen LogP) is 3.33. The van der Waals surface area contributed by atoms with E-state index in [0.29, 0.717) is 11.6 Å². The van der Waals surface area contributed by atoms with E-state index in [-0.39, 0.29) is 5.91 Å². The van der Waals surface area contributed by atoms with Crippen molar-refractivity contribution in [2.75, 3.05) is 19.5 Å². The minimum Gasteiger partial charge on any atom is -0.340 e. The molecule has 0 spiro atoms. The van der Waals surface area contributed by atoms with Crippen molar-refractivity contribution in [3.63, 3.8) is 0 Å². The van der Waals surface area contributed by atoms with Gasteiger partial charge in [0.1, 0.15) is 5.69 Å². The SMILES string of the molecule is CN(CCCCCCl)C(=O)c1ccc(Br)cn1. The van der Waals surface area contributed by atoms with E-state index in [1.165, 1.54) is 0 Å². The topological polar surface area (TPSA) is 33.2 Å². The first-order valence-corrected chi connectivity index (χ1v) is 6.91. The number of nitrogens with zero attached hydrogens (tertiary/aromatic N) is 2. The lowest BCUT2D eigenvalue weighted by Gasteiger charge is -2.16. The van der Waals surface area contributed by atoms with Crippen LogP contribution in [-0.2, 0) is 0 Å². The average Bonchev–Trinajstić information content (AvgIpc) is 2.34. The molecule has 0 aliphatic rings. The summed E-state index contributed by atoms with van der Waals surface area (Å²) >= 11 is 8.89. The smallest absolute Gasteiger partial charge is 0.272 e. The molecule has 0 unspecified atom stereocenters. The van der Waals surface area contributed by atoms with Crippen molar-refractivity contribution in [1.29, 1.82) is 0 Å². The van der Waals surface area contributed by atoms with Crippen LogP contribution in [0.4, 0.5) is 0 Å². The molecule has 0 N–H and O–H groups in total. The number of pyridine rings is 1. The number of carbonyl (C=O) groups excluding carboxylic acids is 1. The molecule has 0 saturated heterocycles. The Bertz CT molecular complexity index is 356. The van der Waals surface area contributed by atoms with E-state index in [4.69, 9.17) is 11.6 Å². The van der Waals surface area contributed by atoms with Crippen LogP contribution < -0.4 is 0 Å². The number of hydrogen-bond acceptors (Lipinski definition) is 2. The molecule has 0 fully saturated rings. The molecule has 17 heavy (non-hydrogen) atoms. The van der Waals surface area contributed by atoms with Gasteiger partial charge in [-0.25, -0.2) is 4.98 Å². The van der Waals surface area contributed by atoms with Crippen molar-refractivity contribution < 1.29 is 4.79 Å². The molecule has 0 bridgehead atoms. The Labute approximate surface area is 115 Å². The highest BCUT2D eigenvalue weighted by Gasteiger charge is 2.12. The minimum atomic E-state index is -0.0385. The van der Waals surface area contributed by atoms with Gasteiger partial charge in [0.05, 0.1) is 0 Å². The fraction of sp³-hybridized carbons (Fsp3) is 0.500. The van der Waals surface area contributed by atoms with Crippen LogP contribution in [0.3, 0.4) is 0 Å². The highest BCUT2D eigenvalue weighted by Crippen LogP contribution is 2.09. The zero-order chi connectivity index (χ0) is 12.7. The molecule has 1 heterocycles. The number of hydrogen-bond donors (Lipinski definition) is 0. The van der Waals surface area contributed by atoms with Crippen molar-refractivity contribution in [3.05, 3.63) is 28.5 Å². The molecule has 0 atom stereocenters. The highest BCUT2D eigenvalue weighted by atomic mass is 79.9. The van der Waals surface area contributed by atoms with Gasteiger partial charge in [0.2, 0.25) is 0 Å². The third kappa shape index (κ3) is 5.04. The second-order valence-electron chi connectivity index (χ2n) is 3.84. The number of carbonyl (C=O) groups is 1. The van der Waals surface area contributed by atoms with Crippen LogP contribution in [-0.4, -0.2) is 35.3 Å². The van der Waals surface area contributed by atoms with Crippen molar-refractivity contribution in [3.8, 4) is 0 Å². The zero-order valence-electron chi connectivity index (χ0n) is 9.83. The van der Waals surface area contributed by atoms with Gasteiger partial charge in [-0.05, 0) is 40.9 Å². The second-order valence-corrected chi connectivity index (χ2v) is 5.13. The molecule has 0 aromatic carbocycles. The van der Waals surface area contributed by atoms with Gasteiger partial charge in [0.25, 0.3) is 5.91 Å². The van der Waals surface area contributed by atoms with Crippen LogP contribution in [0.2, 0.25) is 0 Å². The average molecular weight is 320 g/mol. The number of alkyl halides is 1. The fourth-order valence-corrected chi connectivity index (χ4v) is 1.84. The zero-order valence-corrected chi connectivity index (χ0v) is 12.2. The number of amides is 1. The highest BCUT2D eigenvalue weighted by molar-refractivity contribution is 9.10. The standard InChI is InChI=1S/C12H16BrClN2O/c1-16(8-4-2-3-7-14)12(17)11-6-5-10(13)9-15-11/h5-6,9H,2-4,7-8H2,1H3. The molecular weight excluding hydrogens is 304 g/mol. The summed E-state index contributed by atoms with van der Waals surface area (Å²) in [5.41, 5.74) is 0.480. The van der Waals surface area contributed by atoms with Crippen LogP contribution in [0.25, 0.3) is 0 Å². The quantitative estimate of drug-likeness (QED) is 0.595. The molecule has 94 valence electrons. The Kier molecular flexibility index (Phi) is 6.52. The van der Waals surface area contributed by atoms with E-state index in [9.17, 15) is 4.79 Å². The van der Waals surface area contributed by atoms with Crippen LogP contribution in [0.1, 0.15) is 29.8 Å². The monoisotopic (exact) mass is 318 g/mol. The maximum absolute atomic E-state index is 11.9. The first-order chi connectivity index (χ1) is 8.15. The van der Waals surface area contributed by atoms with E-state index >= 15 is 0 Å². The summed E-state index contributed by atoms with van der Waals surface area (Å²) in [7, 11) is 1.80. The maximum Gasteiger partial charge on any atom is 0.272 e. The third-order valence-electron chi connectivity index (χ3n) is 2.42. The van der Waals surface area contributed by atoms with Gasteiger partial charge in [-0.15, -0.1) is 11.6 Å². The van der Waals surface area contributed by atoms with Gasteiger partial charge < -0.3 is 4.90 Å². The maximum atomic E-state index is 11.9. The fourth-order valence-electron chi connectivity index (χ4n) is 1.42. The molecule has 0 aliphatic heterocycles. The Balaban J connectivity index is 2.43. The summed E-state index contributed by atoms with van der Waals surface area (Å²) < 4.78 is 0.874. The van der Waals surface area contributed by atoms with Crippen molar-refractivity contribution in [2.24, 2.45) is 0 Å². The van der Waals surface area contributed by atoms with Crippen molar-refractivity contribution in [2.45, 2.75) is 19.3 Å². The molecule has 0 saturated carbocycles. The van der Waals surface area contributed by atoms with Gasteiger partial charge in [0, 0.05) is 30.1 Å². The van der Waals surface area contributed by atoms with E-state index in [1.807, 2.05) is 6.07 Å². The lowest BCUT2D eigenvalue weighted by Crippen LogP contribution is -2.28. The minimum absolute atomic E-state index is 0.0385. The van der Waals surface area contributed by atoms with Crippen molar-refractivity contribution in [1.82, 2.24) is 9.88 Å². The second kappa shape index (κ2) is 7.67. The summed E-state index contributed by atoms with van der Waals surface area (Å²) in [4.78, 5) is 17.7. The molecular formula is C12H16BrClN2O. The van der Waals surface area contributed by atoms with Gasteiger partial charge in [-0.3, -0.25) is 4.79 Å². The number of rotatable bonds is 6. The normalized spacial score (nSPS) is 10.3. The van der Waals surface area contributed by atoms with Gasteiger partial charge in [-0.2, -0.15) is 0 Å². The molecule has 0 radical (unpaired) electrons. The van der Waals surface area contributed by atoms with Crippen LogP contribution >= 0.6 is 27.5 Å². The Hall–Kier alpha value is -0.610. The Morgan fingerprint density at radius 3 is 2.76 bits per heavy atom. The number of halogens is 2. The molecule has 1 aromatic heterocycles. The molecule has 0 aliphatic carbocycles. The molecule has 1 aromatic rings. The van der Waals surface area contributed by atoms with Crippen LogP contribution in [0.15, 0.2) is 22.8 Å². The summed E-state index contributed by atoms with van der Waals surface area (Å²) in [5, 5.41) is 0. The largest absolute Gasteiger partial charge is 0.340 e. The molecule has 3 nitrogen and oxygen atoms in total. The summed E-state index contributed by atoms with van der Waals surface area (Å²) in [6.07, 6.45) is 4.66. The number of aromatic nitrogens is 1. The lowest BCUT2D eigenvalue weighted by molar-refractivity contribution is 0.0787. The molecule has 5 heteroatoms. The van der Waals surface area contributed by atoms with E-state index < -0.39 is 0 Å².